The number of para-hydroxylation sites is 1. The van der Waals surface area contributed by atoms with Gasteiger partial charge in [0.15, 0.2) is 11.5 Å². The average molecular weight is 549 g/mol. The highest BCUT2D eigenvalue weighted by atomic mass is 16.5. The SMILES string of the molecule is C=C/C=C/c1ncc(CN2CCc3cc(O)c(Oc4ccccc4)cc3C2c2ccc(C(=O)N(CC)CC)cc2)[nH]1. The van der Waals surface area contributed by atoms with Crippen molar-refractivity contribution in [3.05, 3.63) is 125 Å². The van der Waals surface area contributed by atoms with Gasteiger partial charge in [-0.25, -0.2) is 4.98 Å². The number of aromatic amines is 1. The molecule has 1 aliphatic heterocycles. The highest BCUT2D eigenvalue weighted by molar-refractivity contribution is 5.94. The van der Waals surface area contributed by atoms with Crippen molar-refractivity contribution in [2.45, 2.75) is 32.9 Å². The van der Waals surface area contributed by atoms with Gasteiger partial charge in [-0.3, -0.25) is 9.69 Å². The van der Waals surface area contributed by atoms with Crippen molar-refractivity contribution >= 4 is 12.0 Å². The average Bonchev–Trinajstić information content (AvgIpc) is 3.45. The van der Waals surface area contributed by atoms with Crippen LogP contribution in [0.15, 0.2) is 91.7 Å². The fourth-order valence-corrected chi connectivity index (χ4v) is 5.37. The predicted molar refractivity (Wildman–Crippen MR) is 162 cm³/mol. The number of aromatic hydroxyl groups is 1. The van der Waals surface area contributed by atoms with E-state index >= 15 is 0 Å². The number of rotatable bonds is 10. The number of carbonyl (C=O) groups is 1. The van der Waals surface area contributed by atoms with Gasteiger partial charge in [0, 0.05) is 43.6 Å². The molecule has 5 rings (SSSR count). The number of allylic oxidation sites excluding steroid dienone is 2. The van der Waals surface area contributed by atoms with Gasteiger partial charge >= 0.3 is 0 Å². The number of H-pyrrole nitrogens is 1. The third kappa shape index (κ3) is 6.26. The van der Waals surface area contributed by atoms with Crippen LogP contribution in [0.4, 0.5) is 0 Å². The number of carbonyl (C=O) groups excluding carboxylic acids is 1. The maximum atomic E-state index is 13.0. The lowest BCUT2D eigenvalue weighted by atomic mass is 9.87. The van der Waals surface area contributed by atoms with Gasteiger partial charge in [0.1, 0.15) is 11.6 Å². The zero-order valence-electron chi connectivity index (χ0n) is 23.6. The van der Waals surface area contributed by atoms with Crippen LogP contribution in [-0.4, -0.2) is 50.4 Å². The summed E-state index contributed by atoms with van der Waals surface area (Å²) >= 11 is 0. The molecule has 0 saturated carbocycles. The lowest BCUT2D eigenvalue weighted by Crippen LogP contribution is -2.36. The lowest BCUT2D eigenvalue weighted by molar-refractivity contribution is 0.0773. The first-order chi connectivity index (χ1) is 20.0. The first-order valence-electron chi connectivity index (χ1n) is 14.1. The van der Waals surface area contributed by atoms with Gasteiger partial charge in [-0.2, -0.15) is 0 Å². The van der Waals surface area contributed by atoms with Crippen LogP contribution in [0, 0.1) is 0 Å². The lowest BCUT2D eigenvalue weighted by Gasteiger charge is -2.38. The highest BCUT2D eigenvalue weighted by Crippen LogP contribution is 2.42. The number of nitrogens with zero attached hydrogens (tertiary/aromatic N) is 3. The zero-order valence-corrected chi connectivity index (χ0v) is 23.6. The molecule has 0 bridgehead atoms. The van der Waals surface area contributed by atoms with E-state index in [1.807, 2.05) is 104 Å². The molecule has 3 aromatic carbocycles. The Morgan fingerprint density at radius 1 is 1.15 bits per heavy atom. The summed E-state index contributed by atoms with van der Waals surface area (Å²) in [7, 11) is 0. The molecular formula is C34H36N4O3. The Hall–Kier alpha value is -4.62. The molecule has 0 radical (unpaired) electrons. The summed E-state index contributed by atoms with van der Waals surface area (Å²) in [5.41, 5.74) is 4.87. The molecule has 2 N–H and O–H groups in total. The molecule has 2 heterocycles. The molecule has 0 spiro atoms. The van der Waals surface area contributed by atoms with Crippen molar-refractivity contribution in [1.29, 1.82) is 0 Å². The van der Waals surface area contributed by atoms with Crippen LogP contribution < -0.4 is 4.74 Å². The molecule has 1 aliphatic rings. The third-order valence-electron chi connectivity index (χ3n) is 7.46. The number of hydrogen-bond donors (Lipinski definition) is 2. The fraction of sp³-hybridized carbons (Fsp3) is 0.235. The minimum Gasteiger partial charge on any atom is -0.504 e. The van der Waals surface area contributed by atoms with Gasteiger partial charge in [0.05, 0.1) is 6.04 Å². The van der Waals surface area contributed by atoms with Gasteiger partial charge in [-0.15, -0.1) is 0 Å². The standard InChI is InChI=1S/C34H36N4O3/c1-4-7-13-32-35-22-27(36-32)23-38-19-18-26-20-30(39)31(41-28-11-9-8-10-12-28)21-29(26)33(38)24-14-16-25(17-15-24)34(40)37(5-2)6-3/h4,7-17,20-22,33,39H,1,5-6,18-19,23H2,2-3H3,(H,35,36)/b13-7+. The van der Waals surface area contributed by atoms with Gasteiger partial charge in [-0.05, 0) is 79.4 Å². The van der Waals surface area contributed by atoms with Crippen molar-refractivity contribution in [3.63, 3.8) is 0 Å². The second-order valence-corrected chi connectivity index (χ2v) is 10.0. The van der Waals surface area contributed by atoms with Gasteiger partial charge in [0.25, 0.3) is 5.91 Å². The summed E-state index contributed by atoms with van der Waals surface area (Å²) in [6, 6.07) is 21.0. The largest absolute Gasteiger partial charge is 0.504 e. The number of ether oxygens (including phenoxy) is 1. The number of phenols is 1. The second kappa shape index (κ2) is 12.7. The van der Waals surface area contributed by atoms with E-state index in [4.69, 9.17) is 4.74 Å². The molecule has 4 aromatic rings. The van der Waals surface area contributed by atoms with Crippen molar-refractivity contribution in [2.75, 3.05) is 19.6 Å². The van der Waals surface area contributed by atoms with E-state index in [-0.39, 0.29) is 17.7 Å². The molecule has 1 atom stereocenters. The van der Waals surface area contributed by atoms with Crippen molar-refractivity contribution in [2.24, 2.45) is 0 Å². The molecule has 0 aliphatic carbocycles. The summed E-state index contributed by atoms with van der Waals surface area (Å²) in [6.45, 7) is 10.5. The number of aromatic nitrogens is 2. The van der Waals surface area contributed by atoms with Crippen LogP contribution in [0.5, 0.6) is 17.2 Å². The molecule has 7 nitrogen and oxygen atoms in total. The predicted octanol–water partition coefficient (Wildman–Crippen LogP) is 6.74. The number of fused-ring (bicyclic) bond motifs is 1. The molecule has 1 aromatic heterocycles. The number of phenolic OH excluding ortho intramolecular Hbond substituents is 1. The zero-order chi connectivity index (χ0) is 28.8. The van der Waals surface area contributed by atoms with Gasteiger partial charge in [0.2, 0.25) is 0 Å². The van der Waals surface area contributed by atoms with Gasteiger partial charge in [-0.1, -0.05) is 49.1 Å². The summed E-state index contributed by atoms with van der Waals surface area (Å²) in [4.78, 5) is 25.1. The third-order valence-corrected chi connectivity index (χ3v) is 7.46. The second-order valence-electron chi connectivity index (χ2n) is 10.0. The number of hydrogen-bond acceptors (Lipinski definition) is 5. The van der Waals surface area contributed by atoms with E-state index in [2.05, 4.69) is 21.4 Å². The summed E-state index contributed by atoms with van der Waals surface area (Å²) < 4.78 is 6.10. The molecular weight excluding hydrogens is 512 g/mol. The molecule has 1 unspecified atom stereocenters. The van der Waals surface area contributed by atoms with Crippen LogP contribution in [0.2, 0.25) is 0 Å². The maximum absolute atomic E-state index is 13.0. The molecule has 210 valence electrons. The maximum Gasteiger partial charge on any atom is 0.253 e. The van der Waals surface area contributed by atoms with Crippen LogP contribution >= 0.6 is 0 Å². The Morgan fingerprint density at radius 3 is 2.61 bits per heavy atom. The Morgan fingerprint density at radius 2 is 1.90 bits per heavy atom. The minimum atomic E-state index is -0.120. The molecule has 0 fully saturated rings. The smallest absolute Gasteiger partial charge is 0.253 e. The van der Waals surface area contributed by atoms with Crippen LogP contribution in [0.25, 0.3) is 6.08 Å². The summed E-state index contributed by atoms with van der Waals surface area (Å²) in [5, 5.41) is 10.8. The van der Waals surface area contributed by atoms with Gasteiger partial charge < -0.3 is 19.7 Å². The Bertz CT molecular complexity index is 1520. The van der Waals surface area contributed by atoms with Crippen molar-refractivity contribution in [3.8, 4) is 17.2 Å². The van der Waals surface area contributed by atoms with Crippen molar-refractivity contribution in [1.82, 2.24) is 19.8 Å². The number of amides is 1. The Balaban J connectivity index is 1.52. The van der Waals surface area contributed by atoms with Crippen LogP contribution in [-0.2, 0) is 13.0 Å². The van der Waals surface area contributed by atoms with E-state index in [0.29, 0.717) is 36.7 Å². The minimum absolute atomic E-state index is 0.0310. The number of imidazole rings is 1. The Labute approximate surface area is 241 Å². The first kappa shape index (κ1) is 27.9. The van der Waals surface area contributed by atoms with Crippen molar-refractivity contribution < 1.29 is 14.6 Å². The first-order valence-corrected chi connectivity index (χ1v) is 14.1. The molecule has 1 amide bonds. The molecule has 41 heavy (non-hydrogen) atoms. The van der Waals surface area contributed by atoms with Crippen LogP contribution in [0.3, 0.4) is 0 Å². The van der Waals surface area contributed by atoms with E-state index in [1.54, 1.807) is 6.08 Å². The van der Waals surface area contributed by atoms with E-state index < -0.39 is 0 Å². The number of benzene rings is 3. The quantitative estimate of drug-likeness (QED) is 0.215. The summed E-state index contributed by atoms with van der Waals surface area (Å²) in [6.07, 6.45) is 8.10. The van der Waals surface area contributed by atoms with E-state index in [9.17, 15) is 9.90 Å². The summed E-state index contributed by atoms with van der Waals surface area (Å²) in [5.74, 6) is 1.99. The topological polar surface area (TPSA) is 81.7 Å². The molecule has 7 heteroatoms. The normalized spacial score (nSPS) is 15.0. The van der Waals surface area contributed by atoms with E-state index in [1.165, 1.54) is 0 Å². The van der Waals surface area contributed by atoms with Crippen LogP contribution in [0.1, 0.15) is 58.5 Å². The monoisotopic (exact) mass is 548 g/mol. The van der Waals surface area contributed by atoms with E-state index in [0.717, 1.165) is 41.2 Å². The highest BCUT2D eigenvalue weighted by Gasteiger charge is 2.31. The Kier molecular flexibility index (Phi) is 8.65. The molecule has 0 saturated heterocycles. The number of nitrogens with one attached hydrogen (secondary N) is 1. The fourth-order valence-electron chi connectivity index (χ4n) is 5.37.